The number of aliphatic hydroxyl groups is 1. The zero-order valence-corrected chi connectivity index (χ0v) is 8.95. The molecule has 0 bridgehead atoms. The van der Waals surface area contributed by atoms with Gasteiger partial charge in [-0.25, -0.2) is 0 Å². The molecule has 0 fully saturated rings. The van der Waals surface area contributed by atoms with Gasteiger partial charge in [0.05, 0.1) is 19.3 Å². The lowest BCUT2D eigenvalue weighted by Gasteiger charge is -2.08. The molecular weight excluding hydrogens is 168 g/mol. The van der Waals surface area contributed by atoms with Crippen molar-refractivity contribution >= 4 is 0 Å². The van der Waals surface area contributed by atoms with Gasteiger partial charge in [0.25, 0.3) is 0 Å². The van der Waals surface area contributed by atoms with E-state index in [4.69, 9.17) is 14.6 Å². The van der Waals surface area contributed by atoms with Gasteiger partial charge in [-0.2, -0.15) is 0 Å². The quantitative estimate of drug-likeness (QED) is 0.589. The molecule has 80 valence electrons. The van der Waals surface area contributed by atoms with Crippen molar-refractivity contribution in [2.75, 3.05) is 26.4 Å². The molecule has 0 rings (SSSR count). The molecule has 0 radical (unpaired) electrons. The van der Waals surface area contributed by atoms with Crippen molar-refractivity contribution in [1.82, 2.24) is 0 Å². The second-order valence-corrected chi connectivity index (χ2v) is 3.72. The average molecular weight is 190 g/mol. The van der Waals surface area contributed by atoms with E-state index in [0.717, 1.165) is 6.61 Å². The van der Waals surface area contributed by atoms with Gasteiger partial charge in [0.15, 0.2) is 0 Å². The van der Waals surface area contributed by atoms with Gasteiger partial charge in [-0.1, -0.05) is 13.8 Å². The minimum Gasteiger partial charge on any atom is -0.393 e. The van der Waals surface area contributed by atoms with E-state index < -0.39 is 0 Å². The lowest BCUT2D eigenvalue weighted by atomic mass is 10.2. The van der Waals surface area contributed by atoms with E-state index in [1.54, 1.807) is 6.92 Å². The molecule has 0 amide bonds. The van der Waals surface area contributed by atoms with Gasteiger partial charge in [-0.05, 0) is 19.3 Å². The van der Waals surface area contributed by atoms with Gasteiger partial charge in [0.1, 0.15) is 0 Å². The van der Waals surface area contributed by atoms with Crippen molar-refractivity contribution in [2.45, 2.75) is 33.3 Å². The van der Waals surface area contributed by atoms with Gasteiger partial charge < -0.3 is 14.6 Å². The van der Waals surface area contributed by atoms with Gasteiger partial charge in [-0.3, -0.25) is 0 Å². The maximum absolute atomic E-state index is 8.92. The third kappa shape index (κ3) is 11.9. The van der Waals surface area contributed by atoms with Crippen molar-refractivity contribution in [1.29, 1.82) is 0 Å². The molecule has 1 N–H and O–H groups in total. The Kier molecular flexibility index (Phi) is 8.40. The number of hydrogen-bond donors (Lipinski definition) is 1. The second kappa shape index (κ2) is 8.48. The fraction of sp³-hybridized carbons (Fsp3) is 1.00. The molecule has 0 aliphatic carbocycles. The summed E-state index contributed by atoms with van der Waals surface area (Å²) in [5.74, 6) is 0.581. The minimum absolute atomic E-state index is 0.267. The maximum Gasteiger partial charge on any atom is 0.0700 e. The predicted molar refractivity (Wildman–Crippen MR) is 52.8 cm³/mol. The number of aliphatic hydroxyl groups excluding tert-OH is 1. The van der Waals surface area contributed by atoms with Crippen LogP contribution >= 0.6 is 0 Å². The molecule has 0 aliphatic heterocycles. The normalized spacial score (nSPS) is 13.6. The Morgan fingerprint density at radius 3 is 2.15 bits per heavy atom. The molecule has 1 atom stereocenters. The number of rotatable bonds is 8. The van der Waals surface area contributed by atoms with E-state index in [1.807, 2.05) is 0 Å². The van der Waals surface area contributed by atoms with E-state index in [9.17, 15) is 0 Å². The van der Waals surface area contributed by atoms with E-state index in [-0.39, 0.29) is 6.10 Å². The van der Waals surface area contributed by atoms with Crippen LogP contribution in [0.15, 0.2) is 0 Å². The van der Waals surface area contributed by atoms with E-state index in [0.29, 0.717) is 32.2 Å². The summed E-state index contributed by atoms with van der Waals surface area (Å²) in [5.41, 5.74) is 0. The lowest BCUT2D eigenvalue weighted by molar-refractivity contribution is 0.0270. The lowest BCUT2D eigenvalue weighted by Crippen LogP contribution is -2.11. The molecule has 0 saturated heterocycles. The third-order valence-electron chi connectivity index (χ3n) is 1.50. The van der Waals surface area contributed by atoms with E-state index in [1.165, 1.54) is 0 Å². The van der Waals surface area contributed by atoms with Crippen molar-refractivity contribution in [2.24, 2.45) is 5.92 Å². The fourth-order valence-electron chi connectivity index (χ4n) is 0.793. The molecule has 0 aromatic heterocycles. The number of hydrogen-bond acceptors (Lipinski definition) is 3. The van der Waals surface area contributed by atoms with E-state index in [2.05, 4.69) is 13.8 Å². The highest BCUT2D eigenvalue weighted by molar-refractivity contribution is 4.44. The summed E-state index contributed by atoms with van der Waals surface area (Å²) in [7, 11) is 0. The van der Waals surface area contributed by atoms with Gasteiger partial charge in [0.2, 0.25) is 0 Å². The van der Waals surface area contributed by atoms with Crippen LogP contribution in [0.5, 0.6) is 0 Å². The van der Waals surface area contributed by atoms with Crippen molar-refractivity contribution < 1.29 is 14.6 Å². The van der Waals surface area contributed by atoms with Crippen molar-refractivity contribution in [3.05, 3.63) is 0 Å². The van der Waals surface area contributed by atoms with Crippen LogP contribution in [0.1, 0.15) is 27.2 Å². The first-order valence-electron chi connectivity index (χ1n) is 4.96. The summed E-state index contributed by atoms with van der Waals surface area (Å²) in [6, 6.07) is 0. The molecular formula is C10H22O3. The Bertz CT molecular complexity index is 90.3. The van der Waals surface area contributed by atoms with Crippen molar-refractivity contribution in [3.63, 3.8) is 0 Å². The van der Waals surface area contributed by atoms with Gasteiger partial charge in [-0.15, -0.1) is 0 Å². The van der Waals surface area contributed by atoms with Crippen LogP contribution < -0.4 is 0 Å². The molecule has 0 aromatic carbocycles. The summed E-state index contributed by atoms with van der Waals surface area (Å²) >= 11 is 0. The Morgan fingerprint density at radius 2 is 1.62 bits per heavy atom. The molecule has 0 spiro atoms. The smallest absolute Gasteiger partial charge is 0.0700 e. The van der Waals surface area contributed by atoms with Crippen LogP contribution in [-0.2, 0) is 9.47 Å². The monoisotopic (exact) mass is 190 g/mol. The highest BCUT2D eigenvalue weighted by Gasteiger charge is 1.96. The van der Waals surface area contributed by atoms with Crippen molar-refractivity contribution in [3.8, 4) is 0 Å². The minimum atomic E-state index is -0.267. The summed E-state index contributed by atoms with van der Waals surface area (Å²) in [6.07, 6.45) is 0.432. The number of ether oxygens (including phenoxy) is 2. The molecule has 0 heterocycles. The molecule has 13 heavy (non-hydrogen) atoms. The first-order valence-corrected chi connectivity index (χ1v) is 4.96. The summed E-state index contributed by atoms with van der Waals surface area (Å²) in [4.78, 5) is 0. The van der Waals surface area contributed by atoms with Gasteiger partial charge >= 0.3 is 0 Å². The topological polar surface area (TPSA) is 38.7 Å². The Morgan fingerprint density at radius 1 is 1.00 bits per heavy atom. The molecule has 0 aliphatic rings. The predicted octanol–water partition coefficient (Wildman–Crippen LogP) is 1.45. The van der Waals surface area contributed by atoms with Crippen LogP contribution in [0.2, 0.25) is 0 Å². The fourth-order valence-corrected chi connectivity index (χ4v) is 0.793. The van der Waals surface area contributed by atoms with Crippen LogP contribution in [0, 0.1) is 5.92 Å². The zero-order valence-electron chi connectivity index (χ0n) is 8.95. The molecule has 1 unspecified atom stereocenters. The first-order chi connectivity index (χ1) is 6.13. The molecule has 3 nitrogen and oxygen atoms in total. The largest absolute Gasteiger partial charge is 0.393 e. The second-order valence-electron chi connectivity index (χ2n) is 3.72. The summed E-state index contributed by atoms with van der Waals surface area (Å²) in [6.45, 7) is 8.68. The Labute approximate surface area is 81.0 Å². The highest BCUT2D eigenvalue weighted by atomic mass is 16.5. The maximum atomic E-state index is 8.92. The zero-order chi connectivity index (χ0) is 10.1. The standard InChI is InChI=1S/C10H22O3/c1-9(2)8-13-7-6-12-5-4-10(3)11/h9-11H,4-8H2,1-3H3. The molecule has 3 heteroatoms. The SMILES string of the molecule is CC(C)COCCOCCC(C)O. The van der Waals surface area contributed by atoms with Crippen LogP contribution in [0.3, 0.4) is 0 Å². The average Bonchev–Trinajstić information content (AvgIpc) is 2.01. The summed E-state index contributed by atoms with van der Waals surface area (Å²) < 4.78 is 10.6. The third-order valence-corrected chi connectivity index (χ3v) is 1.50. The van der Waals surface area contributed by atoms with Gasteiger partial charge in [0, 0.05) is 13.2 Å². The molecule has 0 saturated carbocycles. The first kappa shape index (κ1) is 12.9. The highest BCUT2D eigenvalue weighted by Crippen LogP contribution is 1.93. The van der Waals surface area contributed by atoms with Crippen LogP contribution in [0.25, 0.3) is 0 Å². The van der Waals surface area contributed by atoms with Crippen LogP contribution in [0.4, 0.5) is 0 Å². The Hall–Kier alpha value is -0.120. The van der Waals surface area contributed by atoms with E-state index >= 15 is 0 Å². The Balaban J connectivity index is 2.92. The molecule has 0 aromatic rings. The summed E-state index contributed by atoms with van der Waals surface area (Å²) in [5, 5.41) is 8.92. The van der Waals surface area contributed by atoms with Crippen LogP contribution in [-0.4, -0.2) is 37.6 Å².